The molecule has 0 amide bonds. The van der Waals surface area contributed by atoms with E-state index in [0.29, 0.717) is 23.6 Å². The smallest absolute Gasteiger partial charge is 0.282 e. The van der Waals surface area contributed by atoms with Crippen molar-refractivity contribution in [2.24, 2.45) is 4.99 Å². The highest BCUT2D eigenvalue weighted by molar-refractivity contribution is 5.87. The first-order chi connectivity index (χ1) is 10.7. The highest BCUT2D eigenvalue weighted by Crippen LogP contribution is 2.37. The topological polar surface area (TPSA) is 74.0 Å². The number of nitrogens with zero attached hydrogens (tertiary/aromatic N) is 2. The molecule has 6 nitrogen and oxygen atoms in total. The summed E-state index contributed by atoms with van der Waals surface area (Å²) < 4.78 is 10.4. The second-order valence-electron chi connectivity index (χ2n) is 4.79. The second-order valence-corrected chi connectivity index (χ2v) is 4.79. The molecule has 0 atom stereocenters. The maximum Gasteiger partial charge on any atom is 0.282 e. The van der Waals surface area contributed by atoms with E-state index in [1.54, 1.807) is 6.07 Å². The van der Waals surface area contributed by atoms with Crippen LogP contribution in [-0.4, -0.2) is 24.5 Å². The van der Waals surface area contributed by atoms with Gasteiger partial charge in [0.05, 0.1) is 16.6 Å². The summed E-state index contributed by atoms with van der Waals surface area (Å²) in [4.78, 5) is 15.0. The molecule has 0 unspecified atom stereocenters. The van der Waals surface area contributed by atoms with Crippen LogP contribution in [0.2, 0.25) is 0 Å². The van der Waals surface area contributed by atoms with E-state index in [2.05, 4.69) is 4.99 Å². The zero-order chi connectivity index (χ0) is 15.4. The highest BCUT2D eigenvalue weighted by atomic mass is 16.7. The van der Waals surface area contributed by atoms with Crippen LogP contribution in [0.4, 0.5) is 5.69 Å². The van der Waals surface area contributed by atoms with Crippen LogP contribution < -0.4 is 9.47 Å². The molecule has 22 heavy (non-hydrogen) atoms. The number of rotatable bonds is 5. The Balaban J connectivity index is 1.74. The fraction of sp³-hybridized carbons (Fsp3) is 0.188. The lowest BCUT2D eigenvalue weighted by atomic mass is 10.1. The van der Waals surface area contributed by atoms with E-state index in [4.69, 9.17) is 9.47 Å². The summed E-state index contributed by atoms with van der Waals surface area (Å²) in [5.41, 5.74) is 1.56. The molecule has 1 aliphatic heterocycles. The lowest BCUT2D eigenvalue weighted by Crippen LogP contribution is -1.96. The van der Waals surface area contributed by atoms with Gasteiger partial charge in [-0.3, -0.25) is 15.1 Å². The van der Waals surface area contributed by atoms with Crippen molar-refractivity contribution in [2.75, 3.05) is 13.3 Å². The molecule has 0 spiro atoms. The molecule has 6 heteroatoms. The lowest BCUT2D eigenvalue weighted by molar-refractivity contribution is -0.385. The zero-order valence-electron chi connectivity index (χ0n) is 11.8. The Morgan fingerprint density at radius 1 is 1.18 bits per heavy atom. The molecule has 0 aliphatic carbocycles. The van der Waals surface area contributed by atoms with Gasteiger partial charge in [0.15, 0.2) is 11.5 Å². The molecule has 1 aliphatic rings. The molecule has 112 valence electrons. The molecule has 0 bridgehead atoms. The summed E-state index contributed by atoms with van der Waals surface area (Å²) in [6, 6.07) is 12.9. The van der Waals surface area contributed by atoms with E-state index in [-0.39, 0.29) is 12.5 Å². The van der Waals surface area contributed by atoms with Crippen LogP contribution in [0.25, 0.3) is 0 Å². The van der Waals surface area contributed by atoms with Gasteiger partial charge in [-0.15, -0.1) is 0 Å². The van der Waals surface area contributed by atoms with Crippen LogP contribution in [0.5, 0.6) is 11.5 Å². The molecule has 2 aromatic rings. The quantitative estimate of drug-likeness (QED) is 0.483. The summed E-state index contributed by atoms with van der Waals surface area (Å²) in [6.45, 7) is 0.650. The lowest BCUT2D eigenvalue weighted by Gasteiger charge is -2.01. The third-order valence-corrected chi connectivity index (χ3v) is 3.32. The second kappa shape index (κ2) is 6.26. The molecule has 3 rings (SSSR count). The monoisotopic (exact) mass is 298 g/mol. The predicted octanol–water partition coefficient (Wildman–Crippen LogP) is 2.99. The Morgan fingerprint density at radius 2 is 1.91 bits per heavy atom. The molecule has 1 heterocycles. The molecular weight excluding hydrogens is 284 g/mol. The fourth-order valence-corrected chi connectivity index (χ4v) is 2.21. The van der Waals surface area contributed by atoms with E-state index in [0.717, 1.165) is 6.42 Å². The summed E-state index contributed by atoms with van der Waals surface area (Å²) in [6.07, 6.45) is 2.30. The maximum atomic E-state index is 11.1. The van der Waals surface area contributed by atoms with Crippen molar-refractivity contribution in [2.45, 2.75) is 6.42 Å². The van der Waals surface area contributed by atoms with Crippen molar-refractivity contribution in [3.05, 3.63) is 63.7 Å². The van der Waals surface area contributed by atoms with Gasteiger partial charge in [0.1, 0.15) is 0 Å². The number of nitro benzene ring substituents is 1. The summed E-state index contributed by atoms with van der Waals surface area (Å²) in [5.74, 6) is 0.906. The Labute approximate surface area is 127 Å². The Morgan fingerprint density at radius 3 is 2.64 bits per heavy atom. The minimum atomic E-state index is -0.444. The number of fused-ring (bicyclic) bond motifs is 1. The van der Waals surface area contributed by atoms with Crippen molar-refractivity contribution in [1.29, 1.82) is 0 Å². The first-order valence-corrected chi connectivity index (χ1v) is 6.86. The number of ether oxygens (including phenoxy) is 2. The molecule has 0 saturated carbocycles. The largest absolute Gasteiger partial charge is 0.454 e. The van der Waals surface area contributed by atoms with Gasteiger partial charge in [-0.25, -0.2) is 0 Å². The predicted molar refractivity (Wildman–Crippen MR) is 81.8 cm³/mol. The maximum absolute atomic E-state index is 11.1. The molecule has 0 fully saturated rings. The van der Waals surface area contributed by atoms with Crippen LogP contribution >= 0.6 is 0 Å². The average Bonchev–Trinajstić information content (AvgIpc) is 2.99. The number of benzene rings is 2. The fourth-order valence-electron chi connectivity index (χ4n) is 2.21. The Hall–Kier alpha value is -2.89. The van der Waals surface area contributed by atoms with Gasteiger partial charge in [0.2, 0.25) is 6.79 Å². The first-order valence-electron chi connectivity index (χ1n) is 6.86. The van der Waals surface area contributed by atoms with Crippen molar-refractivity contribution in [1.82, 2.24) is 0 Å². The summed E-state index contributed by atoms with van der Waals surface area (Å²) in [7, 11) is 0. The van der Waals surface area contributed by atoms with Crippen LogP contribution in [0.1, 0.15) is 11.1 Å². The zero-order valence-corrected chi connectivity index (χ0v) is 11.8. The first kappa shape index (κ1) is 14.1. The molecular formula is C16H14N2O4. The van der Waals surface area contributed by atoms with Gasteiger partial charge >= 0.3 is 0 Å². The van der Waals surface area contributed by atoms with Crippen LogP contribution in [0, 0.1) is 10.1 Å². The third-order valence-electron chi connectivity index (χ3n) is 3.32. The number of hydrogen-bond donors (Lipinski definition) is 0. The van der Waals surface area contributed by atoms with Crippen LogP contribution in [0.15, 0.2) is 47.5 Å². The molecule has 0 radical (unpaired) electrons. The average molecular weight is 298 g/mol. The van der Waals surface area contributed by atoms with E-state index >= 15 is 0 Å². The number of aliphatic imine (C=N–C) groups is 1. The highest BCUT2D eigenvalue weighted by Gasteiger charge is 2.22. The van der Waals surface area contributed by atoms with Gasteiger partial charge in [-0.05, 0) is 18.1 Å². The Bertz CT molecular complexity index is 714. The van der Waals surface area contributed by atoms with Gasteiger partial charge in [0, 0.05) is 12.8 Å². The van der Waals surface area contributed by atoms with Gasteiger partial charge < -0.3 is 9.47 Å². The van der Waals surface area contributed by atoms with E-state index < -0.39 is 4.92 Å². The molecule has 0 saturated heterocycles. The van der Waals surface area contributed by atoms with Crippen LogP contribution in [-0.2, 0) is 6.42 Å². The minimum absolute atomic E-state index is 0.0345. The molecule has 0 N–H and O–H groups in total. The van der Waals surface area contributed by atoms with E-state index in [1.165, 1.54) is 17.8 Å². The van der Waals surface area contributed by atoms with Gasteiger partial charge in [0.25, 0.3) is 5.69 Å². The number of nitro groups is 1. The molecule has 0 aromatic heterocycles. The SMILES string of the molecule is O=[N+]([O-])c1cc2c(cc1C=NCCc1ccccc1)OCO2. The van der Waals surface area contributed by atoms with Crippen molar-refractivity contribution in [3.63, 3.8) is 0 Å². The normalized spacial score (nSPS) is 12.7. The van der Waals surface area contributed by atoms with E-state index in [1.807, 2.05) is 30.3 Å². The van der Waals surface area contributed by atoms with Crippen molar-refractivity contribution in [3.8, 4) is 11.5 Å². The van der Waals surface area contributed by atoms with Gasteiger partial charge in [-0.1, -0.05) is 30.3 Å². The summed E-state index contributed by atoms with van der Waals surface area (Å²) in [5, 5.41) is 11.1. The third kappa shape index (κ3) is 3.06. The van der Waals surface area contributed by atoms with Gasteiger partial charge in [-0.2, -0.15) is 0 Å². The van der Waals surface area contributed by atoms with E-state index in [9.17, 15) is 10.1 Å². The Kier molecular flexibility index (Phi) is 4.00. The standard InChI is InChI=1S/C16H14N2O4/c19-18(20)14-9-16-15(21-11-22-16)8-13(14)10-17-7-6-12-4-2-1-3-5-12/h1-5,8-10H,6-7,11H2. The molecule has 2 aromatic carbocycles. The number of hydrogen-bond acceptors (Lipinski definition) is 5. The van der Waals surface area contributed by atoms with Crippen LogP contribution in [0.3, 0.4) is 0 Å². The summed E-state index contributed by atoms with van der Waals surface area (Å²) >= 11 is 0. The minimum Gasteiger partial charge on any atom is -0.454 e. The van der Waals surface area contributed by atoms with Crippen molar-refractivity contribution >= 4 is 11.9 Å². The van der Waals surface area contributed by atoms with Crippen molar-refractivity contribution < 1.29 is 14.4 Å².